The zero-order valence-electron chi connectivity index (χ0n) is 11.1. The molecule has 0 fully saturated rings. The number of hydrogen-bond donors (Lipinski definition) is 1. The first-order valence-electron chi connectivity index (χ1n) is 6.28. The molecular weight excluding hydrogens is 310 g/mol. The Morgan fingerprint density at radius 1 is 1.37 bits per heavy atom. The lowest BCUT2D eigenvalue weighted by molar-refractivity contribution is 0.0933. The number of ether oxygens (including phenoxy) is 1. The third-order valence-corrected chi connectivity index (χ3v) is 3.32. The number of aliphatic hydroxyl groups excluding tert-OH is 1. The number of benzene rings is 1. The predicted molar refractivity (Wildman–Crippen MR) is 78.5 cm³/mol. The minimum absolute atomic E-state index is 0.0921. The molecule has 0 bridgehead atoms. The highest BCUT2D eigenvalue weighted by molar-refractivity contribution is 9.10. The number of nitrogens with zero attached hydrogens (tertiary/aromatic N) is 1. The molecule has 0 radical (unpaired) electrons. The summed E-state index contributed by atoms with van der Waals surface area (Å²) in [6.07, 6.45) is 0.445. The van der Waals surface area contributed by atoms with Gasteiger partial charge in [0.1, 0.15) is 0 Å². The number of Topliss-reactive ketones (excluding diaryl/α,β-unsaturated/α-hetero) is 1. The molecule has 1 aromatic carbocycles. The molecule has 4 nitrogen and oxygen atoms in total. The summed E-state index contributed by atoms with van der Waals surface area (Å²) in [4.78, 5) is 14.1. The Balaban J connectivity index is 2.46. The summed E-state index contributed by atoms with van der Waals surface area (Å²) in [5.74, 6) is 0.113. The molecule has 0 amide bonds. The fraction of sp³-hybridized carbons (Fsp3) is 0.500. The summed E-state index contributed by atoms with van der Waals surface area (Å²) >= 11 is 3.36. The molecule has 0 aromatic heterocycles. The van der Waals surface area contributed by atoms with Gasteiger partial charge in [0.15, 0.2) is 5.78 Å². The summed E-state index contributed by atoms with van der Waals surface area (Å²) in [5, 5.41) is 8.98. The van der Waals surface area contributed by atoms with Gasteiger partial charge in [-0.25, -0.2) is 0 Å². The zero-order valence-corrected chi connectivity index (χ0v) is 12.7. The lowest BCUT2D eigenvalue weighted by Gasteiger charge is -2.20. The van der Waals surface area contributed by atoms with Crippen LogP contribution in [0.4, 0.5) is 0 Å². The van der Waals surface area contributed by atoms with Crippen molar-refractivity contribution >= 4 is 21.7 Å². The molecule has 5 heteroatoms. The number of carbonyl (C=O) groups is 1. The first-order valence-corrected chi connectivity index (χ1v) is 7.07. The second kappa shape index (κ2) is 9.20. The highest BCUT2D eigenvalue weighted by Gasteiger charge is 2.10. The van der Waals surface area contributed by atoms with E-state index in [0.717, 1.165) is 11.0 Å². The van der Waals surface area contributed by atoms with Crippen LogP contribution in [0.3, 0.4) is 0 Å². The van der Waals surface area contributed by atoms with Gasteiger partial charge >= 0.3 is 0 Å². The van der Waals surface area contributed by atoms with Crippen LogP contribution in [-0.4, -0.2) is 55.7 Å². The average molecular weight is 330 g/mol. The van der Waals surface area contributed by atoms with Gasteiger partial charge in [-0.3, -0.25) is 9.69 Å². The maximum absolute atomic E-state index is 12.0. The van der Waals surface area contributed by atoms with Crippen LogP contribution < -0.4 is 0 Å². The van der Waals surface area contributed by atoms with Crippen molar-refractivity contribution in [2.24, 2.45) is 0 Å². The number of aliphatic hydroxyl groups is 1. The lowest BCUT2D eigenvalue weighted by Crippen LogP contribution is -2.32. The monoisotopic (exact) mass is 329 g/mol. The van der Waals surface area contributed by atoms with Crippen molar-refractivity contribution in [2.75, 3.05) is 40.0 Å². The summed E-state index contributed by atoms with van der Waals surface area (Å²) in [6.45, 7) is 2.62. The van der Waals surface area contributed by atoms with Gasteiger partial charge in [-0.2, -0.15) is 0 Å². The van der Waals surface area contributed by atoms with Crippen molar-refractivity contribution in [1.29, 1.82) is 0 Å². The van der Waals surface area contributed by atoms with Gasteiger partial charge in [0, 0.05) is 43.2 Å². The van der Waals surface area contributed by atoms with Crippen LogP contribution in [0.5, 0.6) is 0 Å². The van der Waals surface area contributed by atoms with Crippen molar-refractivity contribution in [3.8, 4) is 0 Å². The van der Waals surface area contributed by atoms with E-state index in [4.69, 9.17) is 9.84 Å². The van der Waals surface area contributed by atoms with Gasteiger partial charge in [0.25, 0.3) is 0 Å². The van der Waals surface area contributed by atoms with E-state index in [-0.39, 0.29) is 12.4 Å². The molecule has 0 spiro atoms. The third kappa shape index (κ3) is 6.29. The average Bonchev–Trinajstić information content (AvgIpc) is 2.41. The number of ketones is 1. The molecule has 0 saturated heterocycles. The molecule has 1 rings (SSSR count). The van der Waals surface area contributed by atoms with E-state index in [9.17, 15) is 4.79 Å². The van der Waals surface area contributed by atoms with Crippen LogP contribution in [0.2, 0.25) is 0 Å². The van der Waals surface area contributed by atoms with E-state index in [1.54, 1.807) is 7.11 Å². The van der Waals surface area contributed by atoms with Crippen molar-refractivity contribution in [1.82, 2.24) is 4.90 Å². The van der Waals surface area contributed by atoms with Crippen LogP contribution in [0.1, 0.15) is 16.8 Å². The first kappa shape index (κ1) is 16.3. The van der Waals surface area contributed by atoms with Crippen molar-refractivity contribution in [3.05, 3.63) is 34.3 Å². The Labute approximate surface area is 122 Å². The standard InChI is InChI=1S/C14H20BrNO3/c1-19-10-8-16(7-9-17)6-5-14(18)12-3-2-4-13(15)11-12/h2-4,11,17H,5-10H2,1H3. The Kier molecular flexibility index (Phi) is 7.90. The maximum Gasteiger partial charge on any atom is 0.164 e. The Hall–Kier alpha value is -0.750. The zero-order chi connectivity index (χ0) is 14.1. The number of halogens is 1. The predicted octanol–water partition coefficient (Wildman–Crippen LogP) is 1.96. The van der Waals surface area contributed by atoms with E-state index in [0.29, 0.717) is 31.7 Å². The Bertz CT molecular complexity index is 398. The van der Waals surface area contributed by atoms with Crippen LogP contribution in [0, 0.1) is 0 Å². The molecule has 0 atom stereocenters. The van der Waals surface area contributed by atoms with E-state index in [2.05, 4.69) is 15.9 Å². The second-order valence-corrected chi connectivity index (χ2v) is 5.16. The smallest absolute Gasteiger partial charge is 0.164 e. The maximum atomic E-state index is 12.0. The first-order chi connectivity index (χ1) is 9.17. The number of hydrogen-bond acceptors (Lipinski definition) is 4. The molecule has 0 aliphatic heterocycles. The van der Waals surface area contributed by atoms with Gasteiger partial charge < -0.3 is 9.84 Å². The molecule has 1 aromatic rings. The van der Waals surface area contributed by atoms with E-state index >= 15 is 0 Å². The molecule has 1 N–H and O–H groups in total. The van der Waals surface area contributed by atoms with Crippen LogP contribution in [0.25, 0.3) is 0 Å². The van der Waals surface area contributed by atoms with E-state index < -0.39 is 0 Å². The number of carbonyl (C=O) groups excluding carboxylic acids is 1. The summed E-state index contributed by atoms with van der Waals surface area (Å²) in [6, 6.07) is 7.40. The summed E-state index contributed by atoms with van der Waals surface area (Å²) in [7, 11) is 1.64. The van der Waals surface area contributed by atoms with Crippen LogP contribution in [-0.2, 0) is 4.74 Å². The van der Waals surface area contributed by atoms with Gasteiger partial charge in [0.2, 0.25) is 0 Å². The van der Waals surface area contributed by atoms with E-state index in [1.807, 2.05) is 29.2 Å². The number of methoxy groups -OCH3 is 1. The third-order valence-electron chi connectivity index (χ3n) is 2.83. The normalized spacial score (nSPS) is 10.9. The van der Waals surface area contributed by atoms with Gasteiger partial charge in [-0.15, -0.1) is 0 Å². The molecule has 0 aliphatic carbocycles. The highest BCUT2D eigenvalue weighted by Crippen LogP contribution is 2.13. The summed E-state index contributed by atoms with van der Waals surface area (Å²) < 4.78 is 5.92. The van der Waals surface area contributed by atoms with Crippen molar-refractivity contribution in [3.63, 3.8) is 0 Å². The number of rotatable bonds is 9. The van der Waals surface area contributed by atoms with Crippen molar-refractivity contribution < 1.29 is 14.6 Å². The fourth-order valence-electron chi connectivity index (χ4n) is 1.76. The second-order valence-electron chi connectivity index (χ2n) is 4.24. The van der Waals surface area contributed by atoms with Crippen LogP contribution >= 0.6 is 15.9 Å². The van der Waals surface area contributed by atoms with Crippen LogP contribution in [0.15, 0.2) is 28.7 Å². The van der Waals surface area contributed by atoms with Gasteiger partial charge in [-0.1, -0.05) is 28.1 Å². The molecule has 0 aliphatic rings. The minimum Gasteiger partial charge on any atom is -0.395 e. The van der Waals surface area contributed by atoms with Gasteiger partial charge in [-0.05, 0) is 12.1 Å². The molecule has 19 heavy (non-hydrogen) atoms. The Morgan fingerprint density at radius 3 is 2.79 bits per heavy atom. The quantitative estimate of drug-likeness (QED) is 0.704. The molecule has 0 unspecified atom stereocenters. The van der Waals surface area contributed by atoms with Gasteiger partial charge in [0.05, 0.1) is 13.2 Å². The minimum atomic E-state index is 0.0921. The molecule has 0 saturated carbocycles. The molecule has 106 valence electrons. The topological polar surface area (TPSA) is 49.8 Å². The summed E-state index contributed by atoms with van der Waals surface area (Å²) in [5.41, 5.74) is 0.713. The Morgan fingerprint density at radius 2 is 2.16 bits per heavy atom. The molecular formula is C14H20BrNO3. The lowest BCUT2D eigenvalue weighted by atomic mass is 10.1. The highest BCUT2D eigenvalue weighted by atomic mass is 79.9. The molecule has 0 heterocycles. The largest absolute Gasteiger partial charge is 0.395 e. The van der Waals surface area contributed by atoms with E-state index in [1.165, 1.54) is 0 Å². The fourth-order valence-corrected chi connectivity index (χ4v) is 2.16. The SMILES string of the molecule is COCCN(CCO)CCC(=O)c1cccc(Br)c1. The van der Waals surface area contributed by atoms with Crippen molar-refractivity contribution in [2.45, 2.75) is 6.42 Å².